The number of allylic oxidation sites excluding steroid dienone is 1. The molecule has 0 saturated heterocycles. The van der Waals surface area contributed by atoms with Gasteiger partial charge in [-0.05, 0) is 13.3 Å². The van der Waals surface area contributed by atoms with Crippen LogP contribution >= 0.6 is 0 Å². The molecular formula is C20H24O5. The van der Waals surface area contributed by atoms with Crippen LogP contribution in [0.15, 0.2) is 22.5 Å². The molecule has 5 nitrogen and oxygen atoms in total. The first-order chi connectivity index (χ1) is 11.6. The summed E-state index contributed by atoms with van der Waals surface area (Å²) < 4.78 is 5.67. The van der Waals surface area contributed by atoms with E-state index < -0.39 is 16.9 Å². The maximum Gasteiger partial charge on any atom is 0.224 e. The van der Waals surface area contributed by atoms with Crippen molar-refractivity contribution in [2.24, 2.45) is 16.7 Å². The number of Topliss-reactive ketones (excluding diaryl/α,β-unsaturated/α-hetero) is 3. The van der Waals surface area contributed by atoms with Crippen LogP contribution in [0.5, 0.6) is 0 Å². The molecule has 134 valence electrons. The van der Waals surface area contributed by atoms with Gasteiger partial charge >= 0.3 is 0 Å². The van der Waals surface area contributed by atoms with E-state index in [2.05, 4.69) is 0 Å². The van der Waals surface area contributed by atoms with E-state index in [0.717, 1.165) is 0 Å². The van der Waals surface area contributed by atoms with Crippen LogP contribution in [0.25, 0.3) is 0 Å². The van der Waals surface area contributed by atoms with E-state index in [0.29, 0.717) is 36.0 Å². The smallest absolute Gasteiger partial charge is 0.224 e. The van der Waals surface area contributed by atoms with Crippen molar-refractivity contribution in [1.82, 2.24) is 0 Å². The molecule has 0 bridgehead atoms. The molecule has 0 spiro atoms. The molecular weight excluding hydrogens is 320 g/mol. The summed E-state index contributed by atoms with van der Waals surface area (Å²) in [7, 11) is 0. The average molecular weight is 344 g/mol. The monoisotopic (exact) mass is 344 g/mol. The summed E-state index contributed by atoms with van der Waals surface area (Å²) in [5.41, 5.74) is -0.0341. The van der Waals surface area contributed by atoms with Gasteiger partial charge in [-0.1, -0.05) is 20.8 Å². The van der Waals surface area contributed by atoms with Crippen LogP contribution in [-0.4, -0.2) is 34.7 Å². The molecule has 4 atom stereocenters. The van der Waals surface area contributed by atoms with Gasteiger partial charge in [0, 0.05) is 52.7 Å². The van der Waals surface area contributed by atoms with Gasteiger partial charge in [-0.25, -0.2) is 0 Å². The van der Waals surface area contributed by atoms with Gasteiger partial charge in [0.15, 0.2) is 11.5 Å². The minimum atomic E-state index is -0.804. The Morgan fingerprint density at radius 2 is 1.72 bits per heavy atom. The largest absolute Gasteiger partial charge is 0.486 e. The molecule has 0 aromatic rings. The van der Waals surface area contributed by atoms with Gasteiger partial charge in [0.1, 0.15) is 11.9 Å². The number of aliphatic hydroxyl groups excluding tert-OH is 1. The molecule has 0 radical (unpaired) electrons. The van der Waals surface area contributed by atoms with Crippen LogP contribution in [0.4, 0.5) is 0 Å². The highest BCUT2D eigenvalue weighted by Crippen LogP contribution is 2.60. The van der Waals surface area contributed by atoms with Gasteiger partial charge in [0.25, 0.3) is 0 Å². The van der Waals surface area contributed by atoms with Crippen molar-refractivity contribution in [2.45, 2.75) is 65.6 Å². The number of hydrogen-bond acceptors (Lipinski definition) is 5. The van der Waals surface area contributed by atoms with E-state index in [1.807, 2.05) is 27.7 Å². The number of hydrogen-bond donors (Lipinski definition) is 1. The lowest BCUT2D eigenvalue weighted by Crippen LogP contribution is -2.57. The fraction of sp³-hybridized carbons (Fsp3) is 0.650. The number of ketones is 3. The van der Waals surface area contributed by atoms with Gasteiger partial charge in [0.05, 0.1) is 6.10 Å². The minimum Gasteiger partial charge on any atom is -0.486 e. The Hall–Kier alpha value is -1.75. The lowest BCUT2D eigenvalue weighted by atomic mass is 9.47. The Labute approximate surface area is 147 Å². The van der Waals surface area contributed by atoms with E-state index in [9.17, 15) is 19.5 Å². The Morgan fingerprint density at radius 1 is 1.04 bits per heavy atom. The summed E-state index contributed by atoms with van der Waals surface area (Å²) in [6.07, 6.45) is 0.430. The van der Waals surface area contributed by atoms with E-state index in [1.54, 1.807) is 0 Å². The van der Waals surface area contributed by atoms with Crippen LogP contribution < -0.4 is 0 Å². The Morgan fingerprint density at radius 3 is 2.40 bits per heavy atom. The Balaban J connectivity index is 1.89. The Kier molecular flexibility index (Phi) is 3.28. The normalized spacial score (nSPS) is 39.9. The van der Waals surface area contributed by atoms with Crippen LogP contribution in [0, 0.1) is 16.7 Å². The molecule has 1 aliphatic heterocycles. The van der Waals surface area contributed by atoms with Crippen LogP contribution in [0.2, 0.25) is 0 Å². The molecule has 1 N–H and O–H groups in total. The number of carbonyl (C=O) groups is 3. The van der Waals surface area contributed by atoms with Crippen LogP contribution in [-0.2, 0) is 19.1 Å². The first-order valence-corrected chi connectivity index (χ1v) is 9.03. The first kappa shape index (κ1) is 16.7. The lowest BCUT2D eigenvalue weighted by Gasteiger charge is -2.55. The van der Waals surface area contributed by atoms with Gasteiger partial charge in [-0.15, -0.1) is 0 Å². The third-order valence-corrected chi connectivity index (χ3v) is 6.79. The zero-order chi connectivity index (χ0) is 18.3. The first-order valence-electron chi connectivity index (χ1n) is 9.03. The SMILES string of the molecule is C[C@H]1CC2=C(O1)C(=O)C1=C(C[C@@H](O)[C@H]3C(C)(C)C(=O)CC[C@]13C)C2=O. The zero-order valence-corrected chi connectivity index (χ0v) is 15.1. The standard InChI is InChI=1S/C20H24O5/c1-9-7-11-15(23)10-8-12(21)18-19(2,3)13(22)5-6-20(18,4)14(10)16(24)17(11)25-9/h9,12,18,21H,5-8H2,1-4H3/t9-,12+,18-,20+/m0/s1. The molecule has 1 heterocycles. The summed E-state index contributed by atoms with van der Waals surface area (Å²) in [5, 5.41) is 10.9. The van der Waals surface area contributed by atoms with Crippen molar-refractivity contribution in [3.8, 4) is 0 Å². The fourth-order valence-electron chi connectivity index (χ4n) is 5.76. The van der Waals surface area contributed by atoms with Crippen LogP contribution in [0.3, 0.4) is 0 Å². The third kappa shape index (κ3) is 1.96. The van der Waals surface area contributed by atoms with Crippen molar-refractivity contribution >= 4 is 17.3 Å². The molecule has 5 heteroatoms. The summed E-state index contributed by atoms with van der Waals surface area (Å²) in [5.74, 6) is -0.431. The summed E-state index contributed by atoms with van der Waals surface area (Å²) in [6.45, 7) is 7.47. The summed E-state index contributed by atoms with van der Waals surface area (Å²) in [4.78, 5) is 38.7. The van der Waals surface area contributed by atoms with E-state index in [4.69, 9.17) is 4.74 Å². The predicted molar refractivity (Wildman–Crippen MR) is 89.5 cm³/mol. The van der Waals surface area contributed by atoms with Gasteiger partial charge in [0.2, 0.25) is 5.78 Å². The van der Waals surface area contributed by atoms with E-state index in [-0.39, 0.29) is 41.6 Å². The molecule has 3 aliphatic carbocycles. The topological polar surface area (TPSA) is 80.7 Å². The summed E-state index contributed by atoms with van der Waals surface area (Å²) in [6, 6.07) is 0. The number of carbonyl (C=O) groups excluding carboxylic acids is 3. The van der Waals surface area contributed by atoms with Crippen LogP contribution in [0.1, 0.15) is 53.4 Å². The highest BCUT2D eigenvalue weighted by Gasteiger charge is 2.61. The lowest BCUT2D eigenvalue weighted by molar-refractivity contribution is -0.149. The second kappa shape index (κ2) is 4.91. The average Bonchev–Trinajstić information content (AvgIpc) is 2.90. The number of fused-ring (bicyclic) bond motifs is 2. The van der Waals surface area contributed by atoms with Crippen molar-refractivity contribution in [1.29, 1.82) is 0 Å². The van der Waals surface area contributed by atoms with Gasteiger partial charge < -0.3 is 9.84 Å². The maximum absolute atomic E-state index is 13.2. The minimum absolute atomic E-state index is 0.110. The molecule has 1 fully saturated rings. The van der Waals surface area contributed by atoms with Gasteiger partial charge in [-0.3, -0.25) is 14.4 Å². The third-order valence-electron chi connectivity index (χ3n) is 6.79. The molecule has 0 unspecified atom stereocenters. The molecule has 0 aromatic carbocycles. The quantitative estimate of drug-likeness (QED) is 0.682. The number of ether oxygens (including phenoxy) is 1. The van der Waals surface area contributed by atoms with E-state index in [1.165, 1.54) is 0 Å². The predicted octanol–water partition coefficient (Wildman–Crippen LogP) is 2.27. The molecule has 4 aliphatic rings. The van der Waals surface area contributed by atoms with Crippen molar-refractivity contribution < 1.29 is 24.2 Å². The molecule has 0 amide bonds. The Bertz CT molecular complexity index is 784. The zero-order valence-electron chi connectivity index (χ0n) is 15.1. The summed E-state index contributed by atoms with van der Waals surface area (Å²) >= 11 is 0. The van der Waals surface area contributed by atoms with Crippen molar-refractivity contribution in [2.75, 3.05) is 0 Å². The van der Waals surface area contributed by atoms with Crippen molar-refractivity contribution in [3.63, 3.8) is 0 Å². The number of aliphatic hydroxyl groups is 1. The van der Waals surface area contributed by atoms with Gasteiger partial charge in [-0.2, -0.15) is 0 Å². The number of rotatable bonds is 0. The highest BCUT2D eigenvalue weighted by molar-refractivity contribution is 6.25. The van der Waals surface area contributed by atoms with E-state index >= 15 is 0 Å². The second-order valence-electron chi connectivity index (χ2n) is 8.76. The molecule has 1 saturated carbocycles. The molecule has 4 rings (SSSR count). The second-order valence-corrected chi connectivity index (χ2v) is 8.76. The molecule has 0 aromatic heterocycles. The highest BCUT2D eigenvalue weighted by atomic mass is 16.5. The molecule has 25 heavy (non-hydrogen) atoms. The fourth-order valence-corrected chi connectivity index (χ4v) is 5.76. The maximum atomic E-state index is 13.2. The van der Waals surface area contributed by atoms with Crippen molar-refractivity contribution in [3.05, 3.63) is 22.5 Å².